The average molecular weight is 550 g/mol. The van der Waals surface area contributed by atoms with E-state index in [0.29, 0.717) is 45.7 Å². The van der Waals surface area contributed by atoms with Crippen molar-refractivity contribution in [2.75, 3.05) is 63.9 Å². The monoisotopic (exact) mass is 549 g/mol. The zero-order valence-corrected chi connectivity index (χ0v) is 23.4. The van der Waals surface area contributed by atoms with Gasteiger partial charge in [-0.25, -0.2) is 4.79 Å². The molecule has 0 bridgehead atoms. The van der Waals surface area contributed by atoms with E-state index < -0.39 is 6.10 Å². The first-order valence-electron chi connectivity index (χ1n) is 14.0. The summed E-state index contributed by atoms with van der Waals surface area (Å²) in [6.45, 7) is 7.14. The minimum absolute atomic E-state index is 0.0382. The Morgan fingerprint density at radius 1 is 0.975 bits per heavy atom. The van der Waals surface area contributed by atoms with Crippen LogP contribution in [0.4, 0.5) is 10.5 Å². The van der Waals surface area contributed by atoms with Crippen LogP contribution >= 0.6 is 0 Å². The summed E-state index contributed by atoms with van der Waals surface area (Å²) < 4.78 is 6.03. The van der Waals surface area contributed by atoms with Gasteiger partial charge >= 0.3 is 6.03 Å². The van der Waals surface area contributed by atoms with E-state index in [2.05, 4.69) is 5.32 Å². The van der Waals surface area contributed by atoms with Crippen molar-refractivity contribution in [1.29, 1.82) is 0 Å². The molecular weight excluding hydrogens is 510 g/mol. The Bertz CT molecular complexity index is 1170. The number of anilines is 1. The molecule has 0 saturated carbocycles. The maximum atomic E-state index is 13.4. The first-order chi connectivity index (χ1) is 19.4. The number of benzene rings is 2. The zero-order valence-electron chi connectivity index (χ0n) is 23.4. The van der Waals surface area contributed by atoms with Crippen LogP contribution in [0, 0.1) is 0 Å². The van der Waals surface area contributed by atoms with Gasteiger partial charge in [-0.15, -0.1) is 0 Å². The molecule has 1 atom stereocenters. The van der Waals surface area contributed by atoms with Crippen molar-refractivity contribution in [3.63, 3.8) is 0 Å². The number of hydrogen-bond acceptors (Lipinski definition) is 5. The molecule has 0 spiro atoms. The number of nitrogens with one attached hydrogen (secondary N) is 1. The van der Waals surface area contributed by atoms with E-state index in [9.17, 15) is 19.2 Å². The number of hydrogen-bond donors (Lipinski definition) is 1. The van der Waals surface area contributed by atoms with Gasteiger partial charge in [-0.3, -0.25) is 19.3 Å². The standard InChI is InChI=1S/C30H39N5O5/c1-3-32(4-2)29(38)22-40-26-19-33(16-14-23-8-6-5-7-9-23)28(37)21-34(20-26)27(36)18-24-10-12-25(13-11-24)35-17-15-31-30(35)39/h5-13,26H,3-4,14-22H2,1-2H3,(H,31,39)/t26-/m0/s1. The fraction of sp³-hybridized carbons (Fsp3) is 0.467. The van der Waals surface area contributed by atoms with E-state index in [0.717, 1.165) is 16.8 Å². The summed E-state index contributed by atoms with van der Waals surface area (Å²) in [6.07, 6.45) is 0.323. The molecule has 2 aromatic carbocycles. The molecule has 2 saturated heterocycles. The highest BCUT2D eigenvalue weighted by Gasteiger charge is 2.31. The second-order valence-corrected chi connectivity index (χ2v) is 10.1. The number of amides is 5. The van der Waals surface area contributed by atoms with Gasteiger partial charge in [0.15, 0.2) is 0 Å². The largest absolute Gasteiger partial charge is 0.365 e. The Labute approximate surface area is 235 Å². The van der Waals surface area contributed by atoms with Crippen LogP contribution < -0.4 is 10.2 Å². The lowest BCUT2D eigenvalue weighted by molar-refractivity contribution is -0.139. The molecule has 4 rings (SSSR count). The molecule has 10 nitrogen and oxygen atoms in total. The van der Waals surface area contributed by atoms with Gasteiger partial charge in [0.25, 0.3) is 0 Å². The topological polar surface area (TPSA) is 102 Å². The summed E-state index contributed by atoms with van der Waals surface area (Å²) in [5, 5.41) is 2.78. The lowest BCUT2D eigenvalue weighted by atomic mass is 10.1. The van der Waals surface area contributed by atoms with Gasteiger partial charge in [0.1, 0.15) is 6.61 Å². The second kappa shape index (κ2) is 13.9. The van der Waals surface area contributed by atoms with Crippen molar-refractivity contribution in [1.82, 2.24) is 20.0 Å². The predicted octanol–water partition coefficient (Wildman–Crippen LogP) is 1.93. The van der Waals surface area contributed by atoms with Gasteiger partial charge < -0.3 is 24.8 Å². The highest BCUT2D eigenvalue weighted by atomic mass is 16.5. The molecule has 214 valence electrons. The van der Waals surface area contributed by atoms with Crippen LogP contribution in [0.25, 0.3) is 0 Å². The van der Waals surface area contributed by atoms with Crippen molar-refractivity contribution in [3.8, 4) is 0 Å². The maximum absolute atomic E-state index is 13.4. The molecule has 1 N–H and O–H groups in total. The average Bonchev–Trinajstić information content (AvgIpc) is 3.32. The molecule has 40 heavy (non-hydrogen) atoms. The SMILES string of the molecule is CCN(CC)C(=O)CO[C@H]1CN(CCc2ccccc2)C(=O)CN(C(=O)Cc2ccc(N3CCNC3=O)cc2)C1. The molecule has 2 heterocycles. The fourth-order valence-corrected chi connectivity index (χ4v) is 5.05. The van der Waals surface area contributed by atoms with E-state index in [4.69, 9.17) is 4.74 Å². The van der Waals surface area contributed by atoms with Gasteiger partial charge in [-0.05, 0) is 43.5 Å². The van der Waals surface area contributed by atoms with Gasteiger partial charge in [-0.1, -0.05) is 42.5 Å². The maximum Gasteiger partial charge on any atom is 0.321 e. The summed E-state index contributed by atoms with van der Waals surface area (Å²) in [6, 6.07) is 17.1. The van der Waals surface area contributed by atoms with Crippen LogP contribution in [0.5, 0.6) is 0 Å². The normalized spacial score (nSPS) is 17.6. The van der Waals surface area contributed by atoms with Gasteiger partial charge in [0, 0.05) is 51.5 Å². The lowest BCUT2D eigenvalue weighted by Gasteiger charge is -2.26. The molecule has 0 aromatic heterocycles. The number of ether oxygens (including phenoxy) is 1. The Balaban J connectivity index is 1.43. The third-order valence-corrected chi connectivity index (χ3v) is 7.41. The summed E-state index contributed by atoms with van der Waals surface area (Å²) in [4.78, 5) is 57.8. The van der Waals surface area contributed by atoms with Crippen LogP contribution in [0.3, 0.4) is 0 Å². The molecule has 0 radical (unpaired) electrons. The van der Waals surface area contributed by atoms with Crippen LogP contribution in [-0.4, -0.2) is 104 Å². The Kier molecular flexibility index (Phi) is 10.1. The van der Waals surface area contributed by atoms with Crippen LogP contribution in [0.2, 0.25) is 0 Å². The van der Waals surface area contributed by atoms with Crippen LogP contribution in [0.1, 0.15) is 25.0 Å². The van der Waals surface area contributed by atoms with Crippen molar-refractivity contribution in [2.24, 2.45) is 0 Å². The van der Waals surface area contributed by atoms with E-state index in [1.807, 2.05) is 68.4 Å². The second-order valence-electron chi connectivity index (χ2n) is 10.1. The Hall–Kier alpha value is -3.92. The van der Waals surface area contributed by atoms with Crippen molar-refractivity contribution in [3.05, 3.63) is 65.7 Å². The van der Waals surface area contributed by atoms with Crippen molar-refractivity contribution in [2.45, 2.75) is 32.8 Å². The molecular formula is C30H39N5O5. The Morgan fingerprint density at radius 3 is 2.35 bits per heavy atom. The minimum atomic E-state index is -0.484. The summed E-state index contributed by atoms with van der Waals surface area (Å²) in [7, 11) is 0. The van der Waals surface area contributed by atoms with Crippen molar-refractivity contribution >= 4 is 29.4 Å². The van der Waals surface area contributed by atoms with Gasteiger partial charge in [0.05, 0.1) is 19.1 Å². The molecule has 2 aliphatic heterocycles. The van der Waals surface area contributed by atoms with E-state index in [1.165, 1.54) is 0 Å². The molecule has 2 aliphatic rings. The van der Waals surface area contributed by atoms with Gasteiger partial charge in [0.2, 0.25) is 17.7 Å². The lowest BCUT2D eigenvalue weighted by Crippen LogP contribution is -2.42. The number of carbonyl (C=O) groups is 4. The van der Waals surface area contributed by atoms with Gasteiger partial charge in [-0.2, -0.15) is 0 Å². The molecule has 2 fully saturated rings. The number of urea groups is 1. The zero-order chi connectivity index (χ0) is 28.5. The number of likely N-dealkylation sites (N-methyl/N-ethyl adjacent to an activating group) is 1. The first-order valence-corrected chi connectivity index (χ1v) is 14.0. The molecule has 10 heteroatoms. The highest BCUT2D eigenvalue weighted by Crippen LogP contribution is 2.19. The molecule has 0 unspecified atom stereocenters. The molecule has 0 aliphatic carbocycles. The molecule has 2 aromatic rings. The van der Waals surface area contributed by atoms with E-state index >= 15 is 0 Å². The van der Waals surface area contributed by atoms with Crippen LogP contribution in [-0.2, 0) is 32.0 Å². The van der Waals surface area contributed by atoms with Crippen LogP contribution in [0.15, 0.2) is 54.6 Å². The smallest absolute Gasteiger partial charge is 0.321 e. The third-order valence-electron chi connectivity index (χ3n) is 7.41. The third kappa shape index (κ3) is 7.59. The van der Waals surface area contributed by atoms with E-state index in [1.54, 1.807) is 19.6 Å². The highest BCUT2D eigenvalue weighted by molar-refractivity contribution is 5.94. The fourth-order valence-electron chi connectivity index (χ4n) is 5.05. The quantitative estimate of drug-likeness (QED) is 0.462. The summed E-state index contributed by atoms with van der Waals surface area (Å²) in [5.41, 5.74) is 2.69. The summed E-state index contributed by atoms with van der Waals surface area (Å²) >= 11 is 0. The van der Waals surface area contributed by atoms with E-state index in [-0.39, 0.29) is 49.9 Å². The Morgan fingerprint density at radius 2 is 1.70 bits per heavy atom. The minimum Gasteiger partial charge on any atom is -0.365 e. The number of rotatable bonds is 11. The number of carbonyl (C=O) groups excluding carboxylic acids is 4. The predicted molar refractivity (Wildman–Crippen MR) is 152 cm³/mol. The molecule has 5 amide bonds. The summed E-state index contributed by atoms with van der Waals surface area (Å²) in [5.74, 6) is -0.435. The van der Waals surface area contributed by atoms with Crippen molar-refractivity contribution < 1.29 is 23.9 Å². The first kappa shape index (κ1) is 29.1. The number of nitrogens with zero attached hydrogens (tertiary/aromatic N) is 4.